The van der Waals surface area contributed by atoms with Gasteiger partial charge in [-0.15, -0.1) is 0 Å². The van der Waals surface area contributed by atoms with Crippen molar-refractivity contribution in [3.8, 4) is 0 Å². The average molecular weight is 205 g/mol. The van der Waals surface area contributed by atoms with Crippen LogP contribution in [-0.4, -0.2) is 18.2 Å². The Balaban J connectivity index is -0.000000320. The van der Waals surface area contributed by atoms with Gasteiger partial charge < -0.3 is 10.1 Å². The molecule has 0 aliphatic heterocycles. The van der Waals surface area contributed by atoms with Gasteiger partial charge in [-0.1, -0.05) is 27.2 Å². The summed E-state index contributed by atoms with van der Waals surface area (Å²) >= 11 is 0. The van der Waals surface area contributed by atoms with Gasteiger partial charge in [0.1, 0.15) is 5.60 Å². The number of ether oxygens (including phenoxy) is 1. The van der Waals surface area contributed by atoms with E-state index < -0.39 is 5.60 Å². The molecule has 88 valence electrons. The quantitative estimate of drug-likeness (QED) is 0.748. The van der Waals surface area contributed by atoms with Crippen LogP contribution in [-0.2, 0) is 4.74 Å². The fourth-order valence-electron chi connectivity index (χ4n) is 0.541. The first-order chi connectivity index (χ1) is 6.37. The SMILES string of the molecule is CCC.CCCNC(=O)OC(C)(C)C.[HH]. The van der Waals surface area contributed by atoms with Crippen LogP contribution in [0.3, 0.4) is 0 Å². The first kappa shape index (κ1) is 15.7. The molecule has 0 aliphatic carbocycles. The van der Waals surface area contributed by atoms with Gasteiger partial charge in [0.25, 0.3) is 0 Å². The third-order valence-corrected chi connectivity index (χ3v) is 0.918. The van der Waals surface area contributed by atoms with E-state index in [2.05, 4.69) is 19.2 Å². The molecule has 0 bridgehead atoms. The minimum Gasteiger partial charge on any atom is -0.444 e. The Labute approximate surface area is 89.7 Å². The minimum atomic E-state index is -0.391. The van der Waals surface area contributed by atoms with E-state index in [0.29, 0.717) is 6.54 Å². The van der Waals surface area contributed by atoms with Crippen molar-refractivity contribution < 1.29 is 11.0 Å². The van der Waals surface area contributed by atoms with E-state index in [1.165, 1.54) is 6.42 Å². The van der Waals surface area contributed by atoms with Crippen LogP contribution in [0.4, 0.5) is 4.79 Å². The summed E-state index contributed by atoms with van der Waals surface area (Å²) in [6, 6.07) is 0. The summed E-state index contributed by atoms with van der Waals surface area (Å²) in [5, 5.41) is 2.63. The van der Waals surface area contributed by atoms with E-state index >= 15 is 0 Å². The number of nitrogens with one attached hydrogen (secondary N) is 1. The predicted molar refractivity (Wildman–Crippen MR) is 62.6 cm³/mol. The topological polar surface area (TPSA) is 38.3 Å². The normalized spacial score (nSPS) is 9.86. The van der Waals surface area contributed by atoms with Crippen LogP contribution in [0.25, 0.3) is 0 Å². The summed E-state index contributed by atoms with van der Waals surface area (Å²) < 4.78 is 4.99. The van der Waals surface area contributed by atoms with Crippen molar-refractivity contribution in [2.24, 2.45) is 0 Å². The van der Waals surface area contributed by atoms with E-state index in [1.54, 1.807) is 0 Å². The minimum absolute atomic E-state index is 0. The van der Waals surface area contributed by atoms with Gasteiger partial charge in [-0.25, -0.2) is 4.79 Å². The van der Waals surface area contributed by atoms with Crippen LogP contribution in [0.5, 0.6) is 0 Å². The molecule has 0 atom stereocenters. The second kappa shape index (κ2) is 8.85. The highest BCUT2D eigenvalue weighted by Crippen LogP contribution is 2.05. The Morgan fingerprint density at radius 3 is 2.00 bits per heavy atom. The predicted octanol–water partition coefficient (Wildman–Crippen LogP) is 3.58. The molecule has 0 aromatic carbocycles. The van der Waals surface area contributed by atoms with Crippen LogP contribution in [0.15, 0.2) is 0 Å². The lowest BCUT2D eigenvalue weighted by Gasteiger charge is -2.19. The molecule has 0 fully saturated rings. The maximum absolute atomic E-state index is 10.9. The zero-order valence-corrected chi connectivity index (χ0v) is 10.4. The largest absolute Gasteiger partial charge is 0.444 e. The average Bonchev–Trinajstić information content (AvgIpc) is 1.99. The molecule has 3 nitrogen and oxygen atoms in total. The number of carbonyl (C=O) groups excluding carboxylic acids is 1. The van der Waals surface area contributed by atoms with Crippen molar-refractivity contribution in [1.29, 1.82) is 0 Å². The molecule has 0 aromatic heterocycles. The maximum Gasteiger partial charge on any atom is 0.407 e. The summed E-state index contributed by atoms with van der Waals surface area (Å²) in [6.07, 6.45) is 1.85. The number of carbonyl (C=O) groups is 1. The highest BCUT2D eigenvalue weighted by atomic mass is 16.6. The van der Waals surface area contributed by atoms with Crippen LogP contribution in [0, 0.1) is 0 Å². The summed E-state index contributed by atoms with van der Waals surface area (Å²) in [5.74, 6) is 0. The molecule has 0 rings (SSSR count). The van der Waals surface area contributed by atoms with Crippen molar-refractivity contribution in [2.75, 3.05) is 6.54 Å². The molecule has 0 saturated carbocycles. The second-order valence-electron chi connectivity index (χ2n) is 4.14. The Morgan fingerprint density at radius 1 is 1.29 bits per heavy atom. The van der Waals surface area contributed by atoms with Crippen molar-refractivity contribution in [3.63, 3.8) is 0 Å². The van der Waals surface area contributed by atoms with Crippen molar-refractivity contribution in [3.05, 3.63) is 0 Å². The molecule has 0 aromatic rings. The number of amides is 1. The van der Waals surface area contributed by atoms with Crippen molar-refractivity contribution >= 4 is 6.09 Å². The van der Waals surface area contributed by atoms with Crippen molar-refractivity contribution in [2.45, 2.75) is 60.0 Å². The van der Waals surface area contributed by atoms with Gasteiger partial charge in [0, 0.05) is 7.97 Å². The van der Waals surface area contributed by atoms with Crippen LogP contribution >= 0.6 is 0 Å². The Morgan fingerprint density at radius 2 is 1.71 bits per heavy atom. The number of hydrogen-bond donors (Lipinski definition) is 1. The van der Waals surface area contributed by atoms with E-state index in [9.17, 15) is 4.79 Å². The molecule has 1 amide bonds. The monoisotopic (exact) mass is 205 g/mol. The second-order valence-corrected chi connectivity index (χ2v) is 4.14. The molecule has 1 N–H and O–H groups in total. The highest BCUT2D eigenvalue weighted by Gasteiger charge is 2.14. The standard InChI is InChI=1S/C8H17NO2.C3H8.H2/c1-5-6-9-7(10)11-8(2,3)4;1-3-2;/h5-6H2,1-4H3,(H,9,10);3H2,1-2H3;1H. The summed E-state index contributed by atoms with van der Waals surface area (Å²) in [7, 11) is 0. The smallest absolute Gasteiger partial charge is 0.407 e. The zero-order valence-electron chi connectivity index (χ0n) is 10.4. The number of rotatable bonds is 2. The van der Waals surface area contributed by atoms with Crippen LogP contribution in [0.2, 0.25) is 0 Å². The lowest BCUT2D eigenvalue weighted by atomic mass is 10.2. The molecule has 3 heteroatoms. The lowest BCUT2D eigenvalue weighted by molar-refractivity contribution is 0.0528. The zero-order chi connectivity index (χ0) is 11.6. The summed E-state index contributed by atoms with van der Waals surface area (Å²) in [4.78, 5) is 10.9. The molecular formula is C11H27NO2. The molecule has 14 heavy (non-hydrogen) atoms. The van der Waals surface area contributed by atoms with Crippen LogP contribution < -0.4 is 5.32 Å². The third-order valence-electron chi connectivity index (χ3n) is 0.918. The van der Waals surface area contributed by atoms with Crippen molar-refractivity contribution in [1.82, 2.24) is 5.32 Å². The number of hydrogen-bond acceptors (Lipinski definition) is 2. The number of alkyl carbamates (subject to hydrolysis) is 1. The molecule has 0 spiro atoms. The Bertz CT molecular complexity index is 144. The van der Waals surface area contributed by atoms with Gasteiger partial charge >= 0.3 is 6.09 Å². The van der Waals surface area contributed by atoms with Gasteiger partial charge in [-0.05, 0) is 27.2 Å². The molecule has 0 saturated heterocycles. The summed E-state index contributed by atoms with van der Waals surface area (Å²) in [6.45, 7) is 12.5. The molecule has 0 heterocycles. The van der Waals surface area contributed by atoms with Gasteiger partial charge in [-0.2, -0.15) is 0 Å². The maximum atomic E-state index is 10.9. The molecule has 0 radical (unpaired) electrons. The van der Waals surface area contributed by atoms with Gasteiger partial charge in [0.2, 0.25) is 0 Å². The fraction of sp³-hybridized carbons (Fsp3) is 0.909. The lowest BCUT2D eigenvalue weighted by Crippen LogP contribution is -2.32. The molecular weight excluding hydrogens is 178 g/mol. The first-order valence-corrected chi connectivity index (χ1v) is 5.34. The first-order valence-electron chi connectivity index (χ1n) is 5.34. The molecule has 0 aliphatic rings. The van der Waals surface area contributed by atoms with E-state index in [4.69, 9.17) is 4.74 Å². The fourth-order valence-corrected chi connectivity index (χ4v) is 0.541. The van der Waals surface area contributed by atoms with Crippen LogP contribution in [0.1, 0.15) is 55.8 Å². The van der Waals surface area contributed by atoms with E-state index in [-0.39, 0.29) is 7.52 Å². The Hall–Kier alpha value is -0.730. The van der Waals surface area contributed by atoms with Gasteiger partial charge in [-0.3, -0.25) is 0 Å². The third kappa shape index (κ3) is 17.4. The Kier molecular flexibility index (Phi) is 9.94. The van der Waals surface area contributed by atoms with Gasteiger partial charge in [0.15, 0.2) is 0 Å². The van der Waals surface area contributed by atoms with E-state index in [0.717, 1.165) is 6.42 Å². The van der Waals surface area contributed by atoms with Gasteiger partial charge in [0.05, 0.1) is 0 Å². The highest BCUT2D eigenvalue weighted by molar-refractivity contribution is 5.67. The summed E-state index contributed by atoms with van der Waals surface area (Å²) in [5.41, 5.74) is -0.391. The van der Waals surface area contributed by atoms with E-state index in [1.807, 2.05) is 27.7 Å². The molecule has 0 unspecified atom stereocenters.